The third-order valence-electron chi connectivity index (χ3n) is 3.47. The maximum absolute atomic E-state index is 12.4. The molecule has 2 amide bonds. The first kappa shape index (κ1) is 22.4. The van der Waals surface area contributed by atoms with Crippen LogP contribution in [0.5, 0.6) is 0 Å². The zero-order chi connectivity index (χ0) is 20.4. The summed E-state index contributed by atoms with van der Waals surface area (Å²) < 4.78 is 10.5. The predicted octanol–water partition coefficient (Wildman–Crippen LogP) is 2.42. The van der Waals surface area contributed by atoms with Gasteiger partial charge in [0.2, 0.25) is 5.91 Å². The molecule has 27 heavy (non-hydrogen) atoms. The molecule has 0 spiro atoms. The zero-order valence-electron chi connectivity index (χ0n) is 16.5. The van der Waals surface area contributed by atoms with Gasteiger partial charge in [0.05, 0.1) is 7.11 Å². The van der Waals surface area contributed by atoms with Crippen molar-refractivity contribution in [1.29, 1.82) is 0 Å². The minimum Gasteiger partial charge on any atom is -0.459 e. The number of carbonyl (C=O) groups is 3. The van der Waals surface area contributed by atoms with Gasteiger partial charge in [0, 0.05) is 13.5 Å². The van der Waals surface area contributed by atoms with Crippen LogP contribution in [0.15, 0.2) is 30.3 Å². The summed E-state index contributed by atoms with van der Waals surface area (Å²) in [6.45, 7) is 5.21. The fourth-order valence-electron chi connectivity index (χ4n) is 2.06. The fraction of sp³-hybridized carbons (Fsp3) is 0.526. The molecule has 0 fully saturated rings. The van der Waals surface area contributed by atoms with Gasteiger partial charge in [0.15, 0.2) is 0 Å². The number of benzene rings is 1. The van der Waals surface area contributed by atoms with Crippen molar-refractivity contribution in [2.75, 3.05) is 14.2 Å². The van der Waals surface area contributed by atoms with Crippen molar-refractivity contribution in [2.24, 2.45) is 0 Å². The molecule has 150 valence electrons. The van der Waals surface area contributed by atoms with Gasteiger partial charge in [-0.1, -0.05) is 30.3 Å². The summed E-state index contributed by atoms with van der Waals surface area (Å²) >= 11 is 0. The lowest BCUT2D eigenvalue weighted by molar-refractivity contribution is -0.169. The number of hydrogen-bond donors (Lipinski definition) is 1. The second-order valence-electron chi connectivity index (χ2n) is 6.90. The van der Waals surface area contributed by atoms with E-state index in [2.05, 4.69) is 5.32 Å². The summed E-state index contributed by atoms with van der Waals surface area (Å²) in [6.07, 6.45) is -0.707. The highest BCUT2D eigenvalue weighted by Crippen LogP contribution is 2.10. The van der Waals surface area contributed by atoms with Gasteiger partial charge in [-0.2, -0.15) is 0 Å². The largest absolute Gasteiger partial charge is 0.459 e. The molecular weight excluding hydrogens is 352 g/mol. The molecule has 1 N–H and O–H groups in total. The number of ether oxygens (including phenoxy) is 2. The van der Waals surface area contributed by atoms with E-state index in [4.69, 9.17) is 14.3 Å². The van der Waals surface area contributed by atoms with Crippen LogP contribution in [0.3, 0.4) is 0 Å². The van der Waals surface area contributed by atoms with Gasteiger partial charge < -0.3 is 14.8 Å². The van der Waals surface area contributed by atoms with E-state index in [1.54, 1.807) is 20.8 Å². The van der Waals surface area contributed by atoms with Gasteiger partial charge in [0.1, 0.15) is 18.2 Å². The SMILES string of the molecule is CON(C)C(=O)CC[C@H](NC(=O)OC(C)(C)C)C(=O)OCc1ccccc1. The van der Waals surface area contributed by atoms with E-state index in [-0.39, 0.29) is 25.4 Å². The predicted molar refractivity (Wildman–Crippen MR) is 98.4 cm³/mol. The van der Waals surface area contributed by atoms with Crippen molar-refractivity contribution in [2.45, 2.75) is 51.9 Å². The molecule has 1 atom stereocenters. The Balaban J connectivity index is 2.71. The lowest BCUT2D eigenvalue weighted by Gasteiger charge is -2.23. The van der Waals surface area contributed by atoms with Gasteiger partial charge in [0.25, 0.3) is 0 Å². The Morgan fingerprint density at radius 2 is 1.78 bits per heavy atom. The second kappa shape index (κ2) is 10.5. The molecule has 1 aromatic carbocycles. The summed E-state index contributed by atoms with van der Waals surface area (Å²) in [5, 5.41) is 3.53. The molecule has 0 aromatic heterocycles. The van der Waals surface area contributed by atoms with Crippen LogP contribution in [0.1, 0.15) is 39.2 Å². The molecule has 0 saturated carbocycles. The molecule has 8 heteroatoms. The maximum Gasteiger partial charge on any atom is 0.408 e. The van der Waals surface area contributed by atoms with Crippen LogP contribution in [0.4, 0.5) is 4.79 Å². The van der Waals surface area contributed by atoms with E-state index in [0.29, 0.717) is 0 Å². The normalized spacial score (nSPS) is 12.0. The Bertz CT molecular complexity index is 627. The molecule has 0 unspecified atom stereocenters. The molecule has 0 bridgehead atoms. The van der Waals surface area contributed by atoms with Crippen molar-refractivity contribution in [3.63, 3.8) is 0 Å². The highest BCUT2D eigenvalue weighted by atomic mass is 16.7. The highest BCUT2D eigenvalue weighted by molar-refractivity contribution is 5.82. The summed E-state index contributed by atoms with van der Waals surface area (Å²) in [5.41, 5.74) is 0.103. The quantitative estimate of drug-likeness (QED) is 0.550. The van der Waals surface area contributed by atoms with Crippen molar-refractivity contribution >= 4 is 18.0 Å². The van der Waals surface area contributed by atoms with Crippen LogP contribution < -0.4 is 5.32 Å². The molecule has 1 rings (SSSR count). The number of hydrogen-bond acceptors (Lipinski definition) is 6. The first-order valence-corrected chi connectivity index (χ1v) is 8.63. The molecule has 1 aromatic rings. The number of hydroxylamine groups is 2. The minimum absolute atomic E-state index is 0.00869. The van der Waals surface area contributed by atoms with Crippen molar-refractivity contribution < 1.29 is 28.7 Å². The van der Waals surface area contributed by atoms with Gasteiger partial charge in [-0.25, -0.2) is 14.7 Å². The van der Waals surface area contributed by atoms with Crippen LogP contribution in [0.2, 0.25) is 0 Å². The number of nitrogens with one attached hydrogen (secondary N) is 1. The van der Waals surface area contributed by atoms with E-state index in [1.807, 2.05) is 30.3 Å². The standard InChI is InChI=1S/C19H28N2O6/c1-19(2,3)27-18(24)20-15(11-12-16(22)21(4)25-5)17(23)26-13-14-9-7-6-8-10-14/h6-10,15H,11-13H2,1-5H3,(H,20,24)/t15-/m0/s1. The molecule has 8 nitrogen and oxygen atoms in total. The van der Waals surface area contributed by atoms with Crippen LogP contribution in [0.25, 0.3) is 0 Å². The monoisotopic (exact) mass is 380 g/mol. The third kappa shape index (κ3) is 9.05. The fourth-order valence-corrected chi connectivity index (χ4v) is 2.06. The van der Waals surface area contributed by atoms with Gasteiger partial charge in [-0.3, -0.25) is 9.63 Å². The van der Waals surface area contributed by atoms with E-state index in [9.17, 15) is 14.4 Å². The maximum atomic E-state index is 12.4. The molecule has 0 radical (unpaired) electrons. The Morgan fingerprint density at radius 3 is 2.33 bits per heavy atom. The van der Waals surface area contributed by atoms with Gasteiger partial charge in [-0.15, -0.1) is 0 Å². The number of carbonyl (C=O) groups excluding carboxylic acids is 3. The first-order chi connectivity index (χ1) is 12.6. The summed E-state index contributed by atoms with van der Waals surface area (Å²) in [4.78, 5) is 41.2. The van der Waals surface area contributed by atoms with Crippen molar-refractivity contribution in [1.82, 2.24) is 10.4 Å². The lowest BCUT2D eigenvalue weighted by atomic mass is 10.1. The zero-order valence-corrected chi connectivity index (χ0v) is 16.5. The van der Waals surface area contributed by atoms with Gasteiger partial charge in [-0.05, 0) is 32.8 Å². The van der Waals surface area contributed by atoms with Crippen molar-refractivity contribution in [3.05, 3.63) is 35.9 Å². The topological polar surface area (TPSA) is 94.2 Å². The van der Waals surface area contributed by atoms with E-state index in [0.717, 1.165) is 10.6 Å². The smallest absolute Gasteiger partial charge is 0.408 e. The number of nitrogens with zero attached hydrogens (tertiary/aromatic N) is 1. The average molecular weight is 380 g/mol. The highest BCUT2D eigenvalue weighted by Gasteiger charge is 2.26. The summed E-state index contributed by atoms with van der Waals surface area (Å²) in [6, 6.07) is 8.15. The first-order valence-electron chi connectivity index (χ1n) is 8.63. The van der Waals surface area contributed by atoms with Crippen LogP contribution >= 0.6 is 0 Å². The van der Waals surface area contributed by atoms with Crippen LogP contribution in [-0.4, -0.2) is 48.8 Å². The number of esters is 1. The Hall–Kier alpha value is -2.61. The number of alkyl carbamates (subject to hydrolysis) is 1. The second-order valence-corrected chi connectivity index (χ2v) is 6.90. The van der Waals surface area contributed by atoms with E-state index >= 15 is 0 Å². The van der Waals surface area contributed by atoms with Crippen molar-refractivity contribution in [3.8, 4) is 0 Å². The van der Waals surface area contributed by atoms with E-state index < -0.39 is 23.7 Å². The molecule has 0 aliphatic rings. The van der Waals surface area contributed by atoms with E-state index in [1.165, 1.54) is 14.2 Å². The average Bonchev–Trinajstić information content (AvgIpc) is 2.61. The Kier molecular flexibility index (Phi) is 8.74. The molecule has 0 saturated heterocycles. The molecule has 0 aliphatic carbocycles. The van der Waals surface area contributed by atoms with Crippen LogP contribution in [-0.2, 0) is 30.5 Å². The lowest BCUT2D eigenvalue weighted by Crippen LogP contribution is -2.44. The number of rotatable bonds is 8. The number of amides is 2. The molecular formula is C19H28N2O6. The van der Waals surface area contributed by atoms with Crippen LogP contribution in [0, 0.1) is 0 Å². The summed E-state index contributed by atoms with van der Waals surface area (Å²) in [5.74, 6) is -0.970. The Labute approximate surface area is 159 Å². The summed E-state index contributed by atoms with van der Waals surface area (Å²) in [7, 11) is 2.83. The van der Waals surface area contributed by atoms with Gasteiger partial charge >= 0.3 is 12.1 Å². The Morgan fingerprint density at radius 1 is 1.15 bits per heavy atom. The molecule has 0 aliphatic heterocycles. The minimum atomic E-state index is -1.02. The third-order valence-corrected chi connectivity index (χ3v) is 3.47. The molecule has 0 heterocycles.